The van der Waals surface area contributed by atoms with Crippen LogP contribution in [0, 0.1) is 46.4 Å². The van der Waals surface area contributed by atoms with Gasteiger partial charge in [0.2, 0.25) is 0 Å². The van der Waals surface area contributed by atoms with E-state index < -0.39 is 46.3 Å². The SMILES string of the molecule is CC1CCC(CCc2cc(F)c(OC(F)(F)c3ccc(-c4cc(F)c(C#N)c(F)c4)cc3)c(F)c2)CC1. The Kier molecular flexibility index (Phi) is 7.82. The molecule has 8 heteroatoms. The minimum Gasteiger partial charge on any atom is -0.423 e. The van der Waals surface area contributed by atoms with E-state index in [4.69, 9.17) is 5.26 Å². The molecule has 194 valence electrons. The van der Waals surface area contributed by atoms with E-state index in [1.807, 2.05) is 0 Å². The second-order valence-electron chi connectivity index (χ2n) is 9.68. The average Bonchev–Trinajstić information content (AvgIpc) is 2.86. The molecular formula is C29H25F6NO. The van der Waals surface area contributed by atoms with E-state index in [1.165, 1.54) is 6.07 Å². The van der Waals surface area contributed by atoms with E-state index in [9.17, 15) is 26.3 Å². The van der Waals surface area contributed by atoms with Crippen molar-refractivity contribution in [1.82, 2.24) is 0 Å². The molecule has 0 radical (unpaired) electrons. The van der Waals surface area contributed by atoms with Crippen molar-refractivity contribution in [2.24, 2.45) is 11.8 Å². The number of benzene rings is 3. The van der Waals surface area contributed by atoms with Crippen LogP contribution in [0.3, 0.4) is 0 Å². The number of aryl methyl sites for hydroxylation is 1. The van der Waals surface area contributed by atoms with Gasteiger partial charge in [-0.25, -0.2) is 17.6 Å². The number of rotatable bonds is 7. The van der Waals surface area contributed by atoms with Gasteiger partial charge in [0.25, 0.3) is 0 Å². The normalized spacial score (nSPS) is 17.9. The first-order valence-electron chi connectivity index (χ1n) is 12.1. The Morgan fingerprint density at radius 3 is 1.95 bits per heavy atom. The van der Waals surface area contributed by atoms with Gasteiger partial charge < -0.3 is 4.74 Å². The number of hydrogen-bond acceptors (Lipinski definition) is 2. The van der Waals surface area contributed by atoms with Crippen LogP contribution in [0.5, 0.6) is 5.75 Å². The van der Waals surface area contributed by atoms with Gasteiger partial charge in [-0.3, -0.25) is 0 Å². The highest BCUT2D eigenvalue weighted by Gasteiger charge is 2.37. The molecule has 0 bridgehead atoms. The molecule has 1 aliphatic rings. The Labute approximate surface area is 211 Å². The molecule has 0 amide bonds. The van der Waals surface area contributed by atoms with Crippen molar-refractivity contribution < 1.29 is 31.1 Å². The fraction of sp³-hybridized carbons (Fsp3) is 0.345. The summed E-state index contributed by atoms with van der Waals surface area (Å²) >= 11 is 0. The lowest BCUT2D eigenvalue weighted by atomic mass is 9.80. The molecule has 37 heavy (non-hydrogen) atoms. The fourth-order valence-corrected chi connectivity index (χ4v) is 4.73. The second-order valence-corrected chi connectivity index (χ2v) is 9.68. The van der Waals surface area contributed by atoms with Crippen molar-refractivity contribution in [3.05, 3.63) is 88.5 Å². The van der Waals surface area contributed by atoms with Crippen molar-refractivity contribution in [2.45, 2.75) is 51.6 Å². The molecule has 1 saturated carbocycles. The lowest BCUT2D eigenvalue weighted by Gasteiger charge is -2.26. The lowest BCUT2D eigenvalue weighted by Crippen LogP contribution is -2.23. The summed E-state index contributed by atoms with van der Waals surface area (Å²) in [6.07, 6.45) is 1.57. The van der Waals surface area contributed by atoms with Crippen molar-refractivity contribution in [3.63, 3.8) is 0 Å². The number of halogens is 6. The highest BCUT2D eigenvalue weighted by atomic mass is 19.3. The number of alkyl halides is 2. The van der Waals surface area contributed by atoms with E-state index in [1.54, 1.807) is 0 Å². The van der Waals surface area contributed by atoms with Crippen LogP contribution in [0.4, 0.5) is 26.3 Å². The summed E-state index contributed by atoms with van der Waals surface area (Å²) in [5.74, 6) is -4.60. The summed E-state index contributed by atoms with van der Waals surface area (Å²) in [6.45, 7) is 2.21. The molecule has 0 unspecified atom stereocenters. The monoisotopic (exact) mass is 517 g/mol. The Hall–Kier alpha value is -3.47. The van der Waals surface area contributed by atoms with Crippen molar-refractivity contribution in [2.75, 3.05) is 0 Å². The third-order valence-electron chi connectivity index (χ3n) is 6.97. The number of hydrogen-bond donors (Lipinski definition) is 0. The van der Waals surface area contributed by atoms with Crippen LogP contribution in [0.2, 0.25) is 0 Å². The molecule has 0 spiro atoms. The predicted octanol–water partition coefficient (Wildman–Crippen LogP) is 8.67. The summed E-state index contributed by atoms with van der Waals surface area (Å²) in [5.41, 5.74) is -0.856. The zero-order valence-electron chi connectivity index (χ0n) is 20.1. The summed E-state index contributed by atoms with van der Waals surface area (Å²) in [4.78, 5) is 0. The molecule has 0 aromatic heterocycles. The smallest absolute Gasteiger partial charge is 0.423 e. The third kappa shape index (κ3) is 6.10. The van der Waals surface area contributed by atoms with Crippen molar-refractivity contribution >= 4 is 0 Å². The summed E-state index contributed by atoms with van der Waals surface area (Å²) in [5, 5.41) is 8.77. The van der Waals surface area contributed by atoms with Crippen molar-refractivity contribution in [3.8, 4) is 22.9 Å². The maximum atomic E-state index is 14.8. The van der Waals surface area contributed by atoms with E-state index >= 15 is 0 Å². The maximum absolute atomic E-state index is 14.8. The van der Waals surface area contributed by atoms with E-state index in [2.05, 4.69) is 11.7 Å². The van der Waals surface area contributed by atoms with E-state index in [0.29, 0.717) is 23.8 Å². The Bertz CT molecular complexity index is 1260. The number of nitrogens with zero attached hydrogens (tertiary/aromatic N) is 1. The van der Waals surface area contributed by atoms with E-state index in [-0.39, 0.29) is 11.1 Å². The van der Waals surface area contributed by atoms with E-state index in [0.717, 1.165) is 80.6 Å². The molecule has 0 aliphatic heterocycles. The number of nitriles is 1. The first-order valence-corrected chi connectivity index (χ1v) is 12.1. The Morgan fingerprint density at radius 2 is 1.41 bits per heavy atom. The second kappa shape index (κ2) is 10.9. The molecule has 4 rings (SSSR count). The zero-order chi connectivity index (χ0) is 26.7. The van der Waals surface area contributed by atoms with Gasteiger partial charge in [0.15, 0.2) is 17.4 Å². The van der Waals surface area contributed by atoms with Crippen molar-refractivity contribution in [1.29, 1.82) is 5.26 Å². The Morgan fingerprint density at radius 1 is 0.838 bits per heavy atom. The third-order valence-corrected chi connectivity index (χ3v) is 6.97. The largest absolute Gasteiger partial charge is 0.426 e. The minimum absolute atomic E-state index is 0.0280. The van der Waals surface area contributed by atoms with Gasteiger partial charge >= 0.3 is 6.11 Å². The van der Waals surface area contributed by atoms with Gasteiger partial charge in [0.05, 0.1) is 5.56 Å². The van der Waals surface area contributed by atoms with Crippen LogP contribution < -0.4 is 4.74 Å². The highest BCUT2D eigenvalue weighted by molar-refractivity contribution is 5.65. The molecule has 0 atom stereocenters. The quantitative estimate of drug-likeness (QED) is 0.294. The molecule has 3 aromatic rings. The zero-order valence-corrected chi connectivity index (χ0v) is 20.1. The first kappa shape index (κ1) is 26.6. The van der Waals surface area contributed by atoms with Crippen LogP contribution in [-0.2, 0) is 12.5 Å². The maximum Gasteiger partial charge on any atom is 0.426 e. The fourth-order valence-electron chi connectivity index (χ4n) is 4.73. The van der Waals surface area contributed by atoms with Crippen LogP contribution in [0.15, 0.2) is 48.5 Å². The standard InChI is InChI=1S/C29H25F6NO/c1-17-2-4-18(5-3-17)6-7-19-12-26(32)28(27(33)13-19)37-29(34,35)22-10-8-20(9-11-22)21-14-24(30)23(16-36)25(31)15-21/h8-15,17-18H,2-7H2,1H3. The molecule has 2 nitrogen and oxygen atoms in total. The van der Waals surface area contributed by atoms with Crippen LogP contribution in [0.25, 0.3) is 11.1 Å². The summed E-state index contributed by atoms with van der Waals surface area (Å²) in [6, 6.07) is 9.45. The molecular weight excluding hydrogens is 492 g/mol. The highest BCUT2D eigenvalue weighted by Crippen LogP contribution is 2.37. The van der Waals surface area contributed by atoms with Gasteiger partial charge in [-0.2, -0.15) is 14.0 Å². The molecule has 0 saturated heterocycles. The first-order chi connectivity index (χ1) is 17.6. The number of ether oxygens (including phenoxy) is 1. The summed E-state index contributed by atoms with van der Waals surface area (Å²) in [7, 11) is 0. The van der Waals surface area contributed by atoms with Gasteiger partial charge in [-0.1, -0.05) is 44.7 Å². The van der Waals surface area contributed by atoms with Crippen LogP contribution >= 0.6 is 0 Å². The molecule has 0 heterocycles. The predicted molar refractivity (Wildman–Crippen MR) is 127 cm³/mol. The Balaban J connectivity index is 1.47. The molecule has 0 N–H and O–H groups in total. The molecule has 1 aliphatic carbocycles. The minimum atomic E-state index is -4.08. The van der Waals surface area contributed by atoms with Crippen LogP contribution in [0.1, 0.15) is 55.7 Å². The average molecular weight is 518 g/mol. The van der Waals surface area contributed by atoms with Crippen LogP contribution in [-0.4, -0.2) is 0 Å². The van der Waals surface area contributed by atoms with Gasteiger partial charge in [0, 0.05) is 0 Å². The lowest BCUT2D eigenvalue weighted by molar-refractivity contribution is -0.188. The van der Waals surface area contributed by atoms with Gasteiger partial charge in [0.1, 0.15) is 23.3 Å². The summed E-state index contributed by atoms with van der Waals surface area (Å²) < 4.78 is 91.0. The molecule has 1 fully saturated rings. The molecule has 3 aromatic carbocycles. The van der Waals surface area contributed by atoms with Gasteiger partial charge in [-0.05, 0) is 77.8 Å². The van der Waals surface area contributed by atoms with Gasteiger partial charge in [-0.15, -0.1) is 0 Å². The topological polar surface area (TPSA) is 33.0 Å².